The minimum absolute atomic E-state index is 0.359. The van der Waals surface area contributed by atoms with Crippen molar-refractivity contribution in [1.82, 2.24) is 0 Å². The summed E-state index contributed by atoms with van der Waals surface area (Å²) < 4.78 is 10.9. The molecule has 0 amide bonds. The molecule has 0 aromatic heterocycles. The fourth-order valence-corrected chi connectivity index (χ4v) is 2.67. The second-order valence-electron chi connectivity index (χ2n) is 4.67. The van der Waals surface area contributed by atoms with Crippen LogP contribution >= 0.6 is 0 Å². The Morgan fingerprint density at radius 3 is 2.80 bits per heavy atom. The molecule has 3 heteroatoms. The molecule has 0 heterocycles. The van der Waals surface area contributed by atoms with E-state index in [1.165, 1.54) is 6.42 Å². The molecule has 1 aliphatic carbocycles. The van der Waals surface area contributed by atoms with Crippen molar-refractivity contribution in [3.63, 3.8) is 0 Å². The van der Waals surface area contributed by atoms with Crippen LogP contribution in [0.1, 0.15) is 39.5 Å². The van der Waals surface area contributed by atoms with Crippen molar-refractivity contribution in [1.29, 1.82) is 0 Å². The molecule has 0 aliphatic heterocycles. The quantitative estimate of drug-likeness (QED) is 0.763. The van der Waals surface area contributed by atoms with Gasteiger partial charge in [-0.2, -0.15) is 0 Å². The van der Waals surface area contributed by atoms with Crippen molar-refractivity contribution >= 4 is 0 Å². The van der Waals surface area contributed by atoms with Crippen molar-refractivity contribution in [3.05, 3.63) is 0 Å². The fraction of sp³-hybridized carbons (Fsp3) is 1.00. The molecule has 0 spiro atoms. The first-order chi connectivity index (χ1) is 7.14. The van der Waals surface area contributed by atoms with E-state index in [-0.39, 0.29) is 5.60 Å². The highest BCUT2D eigenvalue weighted by Crippen LogP contribution is 2.37. The highest BCUT2D eigenvalue weighted by molar-refractivity contribution is 4.93. The maximum absolute atomic E-state index is 10.1. The molecule has 1 rings (SSSR count). The molecule has 1 fully saturated rings. The summed E-state index contributed by atoms with van der Waals surface area (Å²) in [7, 11) is 1.62. The number of hydrogen-bond donors (Lipinski definition) is 1. The molecule has 3 unspecified atom stereocenters. The number of rotatable bonds is 5. The average Bonchev–Trinajstić information content (AvgIpc) is 2.18. The minimum atomic E-state index is -0.495. The average molecular weight is 216 g/mol. The predicted molar refractivity (Wildman–Crippen MR) is 59.9 cm³/mol. The first-order valence-electron chi connectivity index (χ1n) is 5.95. The molecule has 15 heavy (non-hydrogen) atoms. The highest BCUT2D eigenvalue weighted by atomic mass is 16.5. The molecule has 1 N–H and O–H groups in total. The van der Waals surface area contributed by atoms with Gasteiger partial charge in [0.15, 0.2) is 0 Å². The van der Waals surface area contributed by atoms with E-state index in [2.05, 4.69) is 6.92 Å². The van der Waals surface area contributed by atoms with Gasteiger partial charge in [-0.3, -0.25) is 0 Å². The summed E-state index contributed by atoms with van der Waals surface area (Å²) in [5, 5.41) is 10.1. The van der Waals surface area contributed by atoms with Crippen LogP contribution in [0.5, 0.6) is 0 Å². The smallest absolute Gasteiger partial charge is 0.106 e. The van der Waals surface area contributed by atoms with Crippen LogP contribution in [-0.2, 0) is 9.47 Å². The van der Waals surface area contributed by atoms with Crippen LogP contribution in [0.25, 0.3) is 0 Å². The maximum atomic E-state index is 10.1. The lowest BCUT2D eigenvalue weighted by Crippen LogP contribution is -2.50. The molecular weight excluding hydrogens is 192 g/mol. The van der Waals surface area contributed by atoms with E-state index in [0.717, 1.165) is 19.3 Å². The van der Waals surface area contributed by atoms with Gasteiger partial charge in [0.2, 0.25) is 0 Å². The van der Waals surface area contributed by atoms with Crippen molar-refractivity contribution in [3.8, 4) is 0 Å². The Balaban J connectivity index is 2.67. The van der Waals surface area contributed by atoms with Crippen LogP contribution in [0, 0.1) is 5.92 Å². The van der Waals surface area contributed by atoms with E-state index < -0.39 is 6.10 Å². The first-order valence-corrected chi connectivity index (χ1v) is 5.95. The van der Waals surface area contributed by atoms with Crippen LogP contribution in [0.15, 0.2) is 0 Å². The zero-order valence-electron chi connectivity index (χ0n) is 10.2. The molecule has 3 atom stereocenters. The lowest BCUT2D eigenvalue weighted by atomic mass is 9.75. The number of aliphatic hydroxyl groups excluding tert-OH is 1. The molecule has 3 nitrogen and oxygen atoms in total. The Labute approximate surface area is 92.8 Å². The molecule has 1 aliphatic rings. The van der Waals surface area contributed by atoms with Crippen molar-refractivity contribution < 1.29 is 14.6 Å². The van der Waals surface area contributed by atoms with Crippen molar-refractivity contribution in [2.24, 2.45) is 5.92 Å². The van der Waals surface area contributed by atoms with Gasteiger partial charge in [0.1, 0.15) is 6.10 Å². The minimum Gasteiger partial charge on any atom is -0.388 e. The molecule has 0 saturated heterocycles. The Hall–Kier alpha value is -0.120. The van der Waals surface area contributed by atoms with Gasteiger partial charge in [-0.15, -0.1) is 0 Å². The van der Waals surface area contributed by atoms with Crippen LogP contribution in [0.4, 0.5) is 0 Å². The van der Waals surface area contributed by atoms with E-state index in [1.807, 2.05) is 6.92 Å². The predicted octanol–water partition coefficient (Wildman–Crippen LogP) is 1.98. The Morgan fingerprint density at radius 2 is 2.27 bits per heavy atom. The number of aliphatic hydroxyl groups is 1. The molecule has 0 bridgehead atoms. The fourth-order valence-electron chi connectivity index (χ4n) is 2.67. The topological polar surface area (TPSA) is 38.7 Å². The van der Waals surface area contributed by atoms with Gasteiger partial charge in [-0.25, -0.2) is 0 Å². The molecule has 90 valence electrons. The second kappa shape index (κ2) is 5.83. The summed E-state index contributed by atoms with van der Waals surface area (Å²) in [4.78, 5) is 0. The molecule has 1 saturated carbocycles. The summed E-state index contributed by atoms with van der Waals surface area (Å²) in [6.07, 6.45) is 3.79. The first kappa shape index (κ1) is 12.9. The van der Waals surface area contributed by atoms with Crippen LogP contribution in [0.2, 0.25) is 0 Å². The standard InChI is InChI=1S/C12H24O3/c1-4-15-12(11(13)9-14-3)7-5-6-10(2)8-12/h10-11,13H,4-9H2,1-3H3. The zero-order chi connectivity index (χ0) is 11.3. The lowest BCUT2D eigenvalue weighted by Gasteiger charge is -2.42. The van der Waals surface area contributed by atoms with Crippen molar-refractivity contribution in [2.75, 3.05) is 20.3 Å². The summed E-state index contributed by atoms with van der Waals surface area (Å²) in [5.41, 5.74) is -0.359. The van der Waals surface area contributed by atoms with Gasteiger partial charge in [0.25, 0.3) is 0 Å². The van der Waals surface area contributed by atoms with Gasteiger partial charge in [-0.05, 0) is 25.7 Å². The Bertz CT molecular complexity index is 180. The molecule has 0 radical (unpaired) electrons. The summed E-state index contributed by atoms with van der Waals surface area (Å²) in [6.45, 7) is 5.24. The highest BCUT2D eigenvalue weighted by Gasteiger charge is 2.41. The van der Waals surface area contributed by atoms with Crippen LogP contribution in [-0.4, -0.2) is 37.1 Å². The number of hydrogen-bond acceptors (Lipinski definition) is 3. The zero-order valence-corrected chi connectivity index (χ0v) is 10.2. The Kier molecular flexibility index (Phi) is 5.03. The molecule has 0 aromatic rings. The van der Waals surface area contributed by atoms with Gasteiger partial charge in [0, 0.05) is 13.7 Å². The monoisotopic (exact) mass is 216 g/mol. The SMILES string of the molecule is CCOC1(C(O)COC)CCCC(C)C1. The normalized spacial score (nSPS) is 34.0. The van der Waals surface area contributed by atoms with Gasteiger partial charge in [0.05, 0.1) is 12.2 Å². The lowest BCUT2D eigenvalue weighted by molar-refractivity contribution is -0.161. The Morgan fingerprint density at radius 1 is 1.53 bits per heavy atom. The largest absolute Gasteiger partial charge is 0.388 e. The van der Waals surface area contributed by atoms with Gasteiger partial charge < -0.3 is 14.6 Å². The third-order valence-corrected chi connectivity index (χ3v) is 3.35. The summed E-state index contributed by atoms with van der Waals surface area (Å²) in [5.74, 6) is 0.636. The van der Waals surface area contributed by atoms with E-state index >= 15 is 0 Å². The van der Waals surface area contributed by atoms with Crippen LogP contribution in [0.3, 0.4) is 0 Å². The van der Waals surface area contributed by atoms with E-state index in [4.69, 9.17) is 9.47 Å². The van der Waals surface area contributed by atoms with E-state index in [9.17, 15) is 5.11 Å². The van der Waals surface area contributed by atoms with Crippen molar-refractivity contribution in [2.45, 2.75) is 51.2 Å². The van der Waals surface area contributed by atoms with E-state index in [1.54, 1.807) is 7.11 Å². The molecule has 0 aromatic carbocycles. The number of ether oxygens (including phenoxy) is 2. The third kappa shape index (κ3) is 3.16. The van der Waals surface area contributed by atoms with Gasteiger partial charge in [-0.1, -0.05) is 19.8 Å². The third-order valence-electron chi connectivity index (χ3n) is 3.35. The summed E-state index contributed by atoms with van der Waals surface area (Å²) >= 11 is 0. The number of methoxy groups -OCH3 is 1. The summed E-state index contributed by atoms with van der Waals surface area (Å²) in [6, 6.07) is 0. The van der Waals surface area contributed by atoms with E-state index in [0.29, 0.717) is 19.1 Å². The molecular formula is C12H24O3. The van der Waals surface area contributed by atoms with Gasteiger partial charge >= 0.3 is 0 Å². The maximum Gasteiger partial charge on any atom is 0.106 e. The van der Waals surface area contributed by atoms with Crippen LogP contribution < -0.4 is 0 Å². The second-order valence-corrected chi connectivity index (χ2v) is 4.67.